The van der Waals surface area contributed by atoms with Crippen LogP contribution in [0.2, 0.25) is 0 Å². The molecule has 0 bridgehead atoms. The third-order valence-electron chi connectivity index (χ3n) is 4.90. The fraction of sp³-hybridized carbons (Fsp3) is 0.120. The molecule has 0 saturated carbocycles. The average molecular weight is 442 g/mol. The van der Waals surface area contributed by atoms with Gasteiger partial charge < -0.3 is 9.47 Å². The van der Waals surface area contributed by atoms with Crippen molar-refractivity contribution in [2.45, 2.75) is 6.92 Å². The number of methoxy groups -OCH3 is 1. The van der Waals surface area contributed by atoms with Gasteiger partial charge in [0.05, 0.1) is 36.3 Å². The summed E-state index contributed by atoms with van der Waals surface area (Å²) in [6, 6.07) is 23.0. The predicted molar refractivity (Wildman–Crippen MR) is 125 cm³/mol. The molecule has 0 aliphatic carbocycles. The fourth-order valence-electron chi connectivity index (χ4n) is 3.23. The number of hydrogen-bond acceptors (Lipinski definition) is 6. The molecule has 0 aliphatic heterocycles. The van der Waals surface area contributed by atoms with Gasteiger partial charge in [0, 0.05) is 5.56 Å². The van der Waals surface area contributed by atoms with Gasteiger partial charge in [-0.2, -0.15) is 5.11 Å². The van der Waals surface area contributed by atoms with Crippen molar-refractivity contribution in [3.8, 4) is 22.7 Å². The summed E-state index contributed by atoms with van der Waals surface area (Å²) >= 11 is 0. The molecule has 0 atom stereocenters. The second-order valence-electron chi connectivity index (χ2n) is 7.01. The van der Waals surface area contributed by atoms with Crippen LogP contribution in [0.4, 0.5) is 11.4 Å². The van der Waals surface area contributed by atoms with E-state index >= 15 is 0 Å². The third-order valence-corrected chi connectivity index (χ3v) is 4.90. The van der Waals surface area contributed by atoms with Gasteiger partial charge in [0.1, 0.15) is 5.75 Å². The van der Waals surface area contributed by atoms with Crippen LogP contribution in [0, 0.1) is 0 Å². The topological polar surface area (TPSA) is 98.0 Å². The van der Waals surface area contributed by atoms with Crippen LogP contribution in [-0.2, 0) is 4.74 Å². The van der Waals surface area contributed by atoms with Gasteiger partial charge in [-0.15, -0.1) is 5.11 Å². The molecule has 4 aromatic rings. The number of aromatic amines is 1. The second-order valence-corrected chi connectivity index (χ2v) is 7.01. The number of benzene rings is 3. The number of H-pyrrole nitrogens is 1. The number of aromatic nitrogens is 2. The second kappa shape index (κ2) is 9.78. The molecule has 166 valence electrons. The number of nitrogens with one attached hydrogen (secondary N) is 1. The normalized spacial score (nSPS) is 11.0. The zero-order chi connectivity index (χ0) is 23.2. The summed E-state index contributed by atoms with van der Waals surface area (Å²) in [5, 5.41) is 11.6. The molecule has 0 amide bonds. The maximum absolute atomic E-state index is 13.2. The first-order chi connectivity index (χ1) is 16.1. The predicted octanol–water partition coefficient (Wildman–Crippen LogP) is 5.43. The van der Waals surface area contributed by atoms with Crippen molar-refractivity contribution in [3.63, 3.8) is 0 Å². The number of carbonyl (C=O) groups excluding carboxylic acids is 1. The highest BCUT2D eigenvalue weighted by Crippen LogP contribution is 2.29. The Hall–Kier alpha value is -4.46. The molecule has 1 N–H and O–H groups in total. The summed E-state index contributed by atoms with van der Waals surface area (Å²) in [5.74, 6) is 0.299. The minimum atomic E-state index is -0.404. The van der Waals surface area contributed by atoms with E-state index in [1.165, 1.54) is 4.68 Å². The number of esters is 1. The molecule has 8 nitrogen and oxygen atoms in total. The lowest BCUT2D eigenvalue weighted by Gasteiger charge is -2.03. The van der Waals surface area contributed by atoms with E-state index in [-0.39, 0.29) is 11.2 Å². The molecule has 0 unspecified atom stereocenters. The summed E-state index contributed by atoms with van der Waals surface area (Å²) in [5.41, 5.74) is 2.71. The van der Waals surface area contributed by atoms with Crippen LogP contribution in [0.5, 0.6) is 5.75 Å². The van der Waals surface area contributed by atoms with E-state index in [1.54, 1.807) is 38.3 Å². The van der Waals surface area contributed by atoms with Crippen molar-refractivity contribution in [1.29, 1.82) is 0 Å². The standard InChI is InChI=1S/C25H22N4O4/c1-3-33-25(31)18-9-13-19(14-10-18)26-27-23-22(17-11-15-21(32-2)16-12-17)28-29(24(23)30)20-7-5-4-6-8-20/h4-16,28H,3H2,1-2H3. The summed E-state index contributed by atoms with van der Waals surface area (Å²) in [4.78, 5) is 25.0. The molecule has 1 heterocycles. The monoisotopic (exact) mass is 442 g/mol. The average Bonchev–Trinajstić information content (AvgIpc) is 3.19. The minimum absolute atomic E-state index is 0.165. The Kier molecular flexibility index (Phi) is 6.45. The van der Waals surface area contributed by atoms with Crippen molar-refractivity contribution in [3.05, 3.63) is 94.8 Å². The lowest BCUT2D eigenvalue weighted by atomic mass is 10.1. The summed E-state index contributed by atoms with van der Waals surface area (Å²) in [6.45, 7) is 2.05. The van der Waals surface area contributed by atoms with E-state index in [0.29, 0.717) is 35.0 Å². The van der Waals surface area contributed by atoms with Gasteiger partial charge in [-0.25, -0.2) is 9.48 Å². The molecule has 1 aromatic heterocycles. The van der Waals surface area contributed by atoms with Gasteiger partial charge in [0.25, 0.3) is 5.56 Å². The molecule has 0 saturated heterocycles. The smallest absolute Gasteiger partial charge is 0.338 e. The lowest BCUT2D eigenvalue weighted by molar-refractivity contribution is 0.0526. The highest BCUT2D eigenvalue weighted by molar-refractivity contribution is 5.89. The van der Waals surface area contributed by atoms with Crippen LogP contribution in [0.3, 0.4) is 0 Å². The van der Waals surface area contributed by atoms with Crippen molar-refractivity contribution >= 4 is 17.3 Å². The zero-order valence-corrected chi connectivity index (χ0v) is 18.2. The lowest BCUT2D eigenvalue weighted by Crippen LogP contribution is -2.13. The number of ether oxygens (including phenoxy) is 2. The molecular formula is C25H22N4O4. The minimum Gasteiger partial charge on any atom is -0.497 e. The van der Waals surface area contributed by atoms with E-state index in [1.807, 2.05) is 54.6 Å². The summed E-state index contributed by atoms with van der Waals surface area (Å²) < 4.78 is 11.6. The Balaban J connectivity index is 1.73. The van der Waals surface area contributed by atoms with Crippen molar-refractivity contribution < 1.29 is 14.3 Å². The first-order valence-electron chi connectivity index (χ1n) is 10.3. The molecular weight excluding hydrogens is 420 g/mol. The van der Waals surface area contributed by atoms with Gasteiger partial charge in [0.2, 0.25) is 0 Å². The molecule has 3 aromatic carbocycles. The number of rotatable bonds is 7. The van der Waals surface area contributed by atoms with Crippen LogP contribution in [0.25, 0.3) is 16.9 Å². The fourth-order valence-corrected chi connectivity index (χ4v) is 3.23. The number of hydrogen-bond donors (Lipinski definition) is 1. The Morgan fingerprint density at radius 2 is 1.64 bits per heavy atom. The van der Waals surface area contributed by atoms with Crippen LogP contribution < -0.4 is 10.3 Å². The Bertz CT molecular complexity index is 1320. The number of para-hydroxylation sites is 1. The number of azo groups is 1. The van der Waals surface area contributed by atoms with Gasteiger partial charge in [-0.1, -0.05) is 18.2 Å². The van der Waals surface area contributed by atoms with Gasteiger partial charge in [-0.05, 0) is 67.6 Å². The molecule has 33 heavy (non-hydrogen) atoms. The quantitative estimate of drug-likeness (QED) is 0.305. The zero-order valence-electron chi connectivity index (χ0n) is 18.2. The van der Waals surface area contributed by atoms with Gasteiger partial charge in [-0.3, -0.25) is 9.89 Å². The Labute approximate surface area is 190 Å². The third kappa shape index (κ3) is 4.74. The molecule has 4 rings (SSSR count). The van der Waals surface area contributed by atoms with E-state index in [0.717, 1.165) is 5.56 Å². The maximum atomic E-state index is 13.2. The molecule has 0 spiro atoms. The number of nitrogens with zero attached hydrogens (tertiary/aromatic N) is 3. The maximum Gasteiger partial charge on any atom is 0.338 e. The van der Waals surface area contributed by atoms with Gasteiger partial charge in [0.15, 0.2) is 5.69 Å². The molecule has 8 heteroatoms. The van der Waals surface area contributed by atoms with Gasteiger partial charge >= 0.3 is 5.97 Å². The molecule has 0 fully saturated rings. The van der Waals surface area contributed by atoms with Crippen LogP contribution >= 0.6 is 0 Å². The summed E-state index contributed by atoms with van der Waals surface area (Å²) in [7, 11) is 1.59. The largest absolute Gasteiger partial charge is 0.497 e. The first-order valence-corrected chi connectivity index (χ1v) is 10.3. The van der Waals surface area contributed by atoms with Crippen molar-refractivity contribution in [2.75, 3.05) is 13.7 Å². The van der Waals surface area contributed by atoms with Crippen LogP contribution in [0.1, 0.15) is 17.3 Å². The first kappa shape index (κ1) is 21.8. The highest BCUT2D eigenvalue weighted by Gasteiger charge is 2.17. The Morgan fingerprint density at radius 3 is 2.27 bits per heavy atom. The van der Waals surface area contributed by atoms with Crippen LogP contribution in [0.15, 0.2) is 93.9 Å². The highest BCUT2D eigenvalue weighted by atomic mass is 16.5. The van der Waals surface area contributed by atoms with E-state index in [2.05, 4.69) is 15.3 Å². The SMILES string of the molecule is CCOC(=O)c1ccc(N=Nc2c(-c3ccc(OC)cc3)[nH]n(-c3ccccc3)c2=O)cc1. The molecule has 0 radical (unpaired) electrons. The van der Waals surface area contributed by atoms with Crippen molar-refractivity contribution in [2.24, 2.45) is 10.2 Å². The van der Waals surface area contributed by atoms with E-state index in [9.17, 15) is 9.59 Å². The van der Waals surface area contributed by atoms with Crippen LogP contribution in [-0.4, -0.2) is 29.5 Å². The van der Waals surface area contributed by atoms with E-state index in [4.69, 9.17) is 9.47 Å². The number of carbonyl (C=O) groups is 1. The van der Waals surface area contributed by atoms with Crippen molar-refractivity contribution in [1.82, 2.24) is 9.78 Å². The summed E-state index contributed by atoms with van der Waals surface area (Å²) in [6.07, 6.45) is 0. The molecule has 0 aliphatic rings. The Morgan fingerprint density at radius 1 is 0.939 bits per heavy atom. The van der Waals surface area contributed by atoms with E-state index < -0.39 is 5.97 Å².